The molecule has 1 atom stereocenters. The average molecular weight is 228 g/mol. The van der Waals surface area contributed by atoms with Crippen molar-refractivity contribution >= 4 is 23.0 Å². The van der Waals surface area contributed by atoms with E-state index in [9.17, 15) is 4.39 Å². The van der Waals surface area contributed by atoms with Crippen LogP contribution in [0.25, 0.3) is 5.57 Å². The number of anilines is 1. The van der Waals surface area contributed by atoms with Crippen molar-refractivity contribution < 1.29 is 4.39 Å². The Balaban J connectivity index is 2.43. The predicted molar refractivity (Wildman–Crippen MR) is 59.0 cm³/mol. The maximum Gasteiger partial charge on any atom is 0.164 e. The topological polar surface area (TPSA) is 54.7 Å². The number of allylic oxidation sites excluding steroid dienone is 4. The standard InChI is InChI=1S/C10H11ClFN3/c1-5-4-6(12)2-3-7(5)9-8(11)10(13)15-14-9/h2-3,5H,4H2,1H3,(H3,13,14,15). The van der Waals surface area contributed by atoms with Crippen LogP contribution in [-0.4, -0.2) is 10.2 Å². The predicted octanol–water partition coefficient (Wildman–Crippen LogP) is 2.92. The molecule has 1 heterocycles. The van der Waals surface area contributed by atoms with Crippen molar-refractivity contribution in [1.29, 1.82) is 0 Å². The highest BCUT2D eigenvalue weighted by atomic mass is 35.5. The first-order valence-corrected chi connectivity index (χ1v) is 5.03. The van der Waals surface area contributed by atoms with Gasteiger partial charge < -0.3 is 5.73 Å². The number of rotatable bonds is 1. The summed E-state index contributed by atoms with van der Waals surface area (Å²) in [5, 5.41) is 6.98. The lowest BCUT2D eigenvalue weighted by atomic mass is 9.90. The van der Waals surface area contributed by atoms with Gasteiger partial charge in [-0.05, 0) is 17.6 Å². The lowest BCUT2D eigenvalue weighted by Crippen LogP contribution is -2.03. The number of nitrogens with two attached hydrogens (primary N) is 1. The zero-order valence-electron chi connectivity index (χ0n) is 8.22. The third kappa shape index (κ3) is 1.77. The van der Waals surface area contributed by atoms with Gasteiger partial charge in [0.15, 0.2) is 5.82 Å². The highest BCUT2D eigenvalue weighted by molar-refractivity contribution is 6.34. The smallest absolute Gasteiger partial charge is 0.164 e. The number of H-pyrrole nitrogens is 1. The third-order valence-corrected chi connectivity index (χ3v) is 2.88. The van der Waals surface area contributed by atoms with Gasteiger partial charge in [-0.15, -0.1) is 0 Å². The summed E-state index contributed by atoms with van der Waals surface area (Å²) in [5.74, 6) is 0.233. The molecule has 3 N–H and O–H groups in total. The molecular weight excluding hydrogens is 217 g/mol. The quantitative estimate of drug-likeness (QED) is 0.775. The summed E-state index contributed by atoms with van der Waals surface area (Å²) in [6.07, 6.45) is 3.55. The van der Waals surface area contributed by atoms with E-state index in [4.69, 9.17) is 17.3 Å². The molecule has 1 aromatic heterocycles. The van der Waals surface area contributed by atoms with Crippen molar-refractivity contribution in [3.63, 3.8) is 0 Å². The van der Waals surface area contributed by atoms with E-state index in [0.717, 1.165) is 5.57 Å². The van der Waals surface area contributed by atoms with Crippen LogP contribution in [0.3, 0.4) is 0 Å². The molecule has 0 bridgehead atoms. The maximum absolute atomic E-state index is 13.0. The molecule has 2 rings (SSSR count). The van der Waals surface area contributed by atoms with Crippen molar-refractivity contribution in [2.75, 3.05) is 5.73 Å². The second-order valence-electron chi connectivity index (χ2n) is 3.64. The Morgan fingerprint density at radius 2 is 2.33 bits per heavy atom. The van der Waals surface area contributed by atoms with Gasteiger partial charge in [0.05, 0.1) is 5.69 Å². The van der Waals surface area contributed by atoms with Crippen molar-refractivity contribution in [2.24, 2.45) is 5.92 Å². The second kappa shape index (κ2) is 3.70. The SMILES string of the molecule is CC1CC(F)=CC=C1c1[nH]nc(N)c1Cl. The van der Waals surface area contributed by atoms with Crippen LogP contribution in [-0.2, 0) is 0 Å². The molecule has 0 saturated heterocycles. The van der Waals surface area contributed by atoms with Gasteiger partial charge in [-0.25, -0.2) is 4.39 Å². The Labute approximate surface area is 91.8 Å². The van der Waals surface area contributed by atoms with Crippen molar-refractivity contribution in [3.8, 4) is 0 Å². The molecule has 0 saturated carbocycles. The van der Waals surface area contributed by atoms with Crippen LogP contribution in [0.1, 0.15) is 19.0 Å². The number of hydrogen-bond acceptors (Lipinski definition) is 2. The fourth-order valence-corrected chi connectivity index (χ4v) is 1.87. The van der Waals surface area contributed by atoms with Gasteiger partial charge in [0.1, 0.15) is 10.8 Å². The molecule has 0 aliphatic heterocycles. The normalized spacial score (nSPS) is 21.1. The van der Waals surface area contributed by atoms with Gasteiger partial charge >= 0.3 is 0 Å². The van der Waals surface area contributed by atoms with Crippen LogP contribution in [0.15, 0.2) is 18.0 Å². The van der Waals surface area contributed by atoms with Gasteiger partial charge in [0.25, 0.3) is 0 Å². The Hall–Kier alpha value is -1.29. The van der Waals surface area contributed by atoms with E-state index in [1.54, 1.807) is 6.08 Å². The number of nitrogen functional groups attached to an aromatic ring is 1. The van der Waals surface area contributed by atoms with Crippen LogP contribution in [0.4, 0.5) is 10.2 Å². The van der Waals surface area contributed by atoms with E-state index in [1.807, 2.05) is 6.92 Å². The molecule has 1 aromatic rings. The lowest BCUT2D eigenvalue weighted by Gasteiger charge is -2.17. The summed E-state index contributed by atoms with van der Waals surface area (Å²) in [7, 11) is 0. The number of aromatic amines is 1. The van der Waals surface area contributed by atoms with Gasteiger partial charge in [0.2, 0.25) is 0 Å². The van der Waals surface area contributed by atoms with Crippen LogP contribution >= 0.6 is 11.6 Å². The van der Waals surface area contributed by atoms with Crippen LogP contribution in [0.5, 0.6) is 0 Å². The lowest BCUT2D eigenvalue weighted by molar-refractivity contribution is 0.542. The molecule has 0 amide bonds. The molecule has 0 radical (unpaired) electrons. The zero-order chi connectivity index (χ0) is 11.0. The summed E-state index contributed by atoms with van der Waals surface area (Å²) in [5.41, 5.74) is 7.15. The largest absolute Gasteiger partial charge is 0.381 e. The summed E-state index contributed by atoms with van der Waals surface area (Å²) >= 11 is 5.97. The van der Waals surface area contributed by atoms with Gasteiger partial charge in [-0.2, -0.15) is 5.10 Å². The van der Waals surface area contributed by atoms with Crippen LogP contribution in [0.2, 0.25) is 5.02 Å². The molecule has 0 aromatic carbocycles. The first-order valence-electron chi connectivity index (χ1n) is 4.65. The molecule has 1 aliphatic carbocycles. The first-order chi connectivity index (χ1) is 7.09. The minimum Gasteiger partial charge on any atom is -0.381 e. The molecule has 1 unspecified atom stereocenters. The maximum atomic E-state index is 13.0. The minimum absolute atomic E-state index is 0.0762. The van der Waals surface area contributed by atoms with Gasteiger partial charge in [-0.1, -0.05) is 24.6 Å². The highest BCUT2D eigenvalue weighted by Gasteiger charge is 2.21. The highest BCUT2D eigenvalue weighted by Crippen LogP contribution is 2.36. The minimum atomic E-state index is -0.116. The van der Waals surface area contributed by atoms with E-state index in [-0.39, 0.29) is 17.6 Å². The fraction of sp³-hybridized carbons (Fsp3) is 0.300. The Morgan fingerprint density at radius 3 is 2.87 bits per heavy atom. The number of nitrogens with one attached hydrogen (secondary N) is 1. The second-order valence-corrected chi connectivity index (χ2v) is 4.02. The third-order valence-electron chi connectivity index (χ3n) is 2.50. The van der Waals surface area contributed by atoms with Crippen LogP contribution in [0, 0.1) is 5.92 Å². The first kappa shape index (κ1) is 10.2. The zero-order valence-corrected chi connectivity index (χ0v) is 8.98. The molecule has 0 spiro atoms. The van der Waals surface area contributed by atoms with E-state index in [2.05, 4.69) is 10.2 Å². The van der Waals surface area contributed by atoms with Crippen LogP contribution < -0.4 is 5.73 Å². The molecule has 1 aliphatic rings. The molecule has 0 fully saturated rings. The Morgan fingerprint density at radius 1 is 1.60 bits per heavy atom. The summed E-state index contributed by atoms with van der Waals surface area (Å²) in [6.45, 7) is 1.94. The summed E-state index contributed by atoms with van der Waals surface area (Å²) in [6, 6.07) is 0. The number of hydrogen-bond donors (Lipinski definition) is 2. The number of aromatic nitrogens is 2. The summed E-state index contributed by atoms with van der Waals surface area (Å²) in [4.78, 5) is 0. The molecule has 80 valence electrons. The van der Waals surface area contributed by atoms with Crippen molar-refractivity contribution in [3.05, 3.63) is 28.7 Å². The van der Waals surface area contributed by atoms with E-state index in [0.29, 0.717) is 17.1 Å². The van der Waals surface area contributed by atoms with E-state index in [1.165, 1.54) is 6.08 Å². The molecule has 5 heteroatoms. The molecular formula is C10H11ClFN3. The average Bonchev–Trinajstić information content (AvgIpc) is 2.49. The number of nitrogens with zero attached hydrogens (tertiary/aromatic N) is 1. The van der Waals surface area contributed by atoms with Gasteiger partial charge in [0, 0.05) is 6.42 Å². The molecule has 15 heavy (non-hydrogen) atoms. The fourth-order valence-electron chi connectivity index (χ4n) is 1.68. The van der Waals surface area contributed by atoms with E-state index < -0.39 is 0 Å². The van der Waals surface area contributed by atoms with Crippen molar-refractivity contribution in [1.82, 2.24) is 10.2 Å². The number of halogens is 2. The Kier molecular flexibility index (Phi) is 2.52. The molecule has 3 nitrogen and oxygen atoms in total. The summed E-state index contributed by atoms with van der Waals surface area (Å²) < 4.78 is 13.0. The van der Waals surface area contributed by atoms with Gasteiger partial charge in [-0.3, -0.25) is 5.10 Å². The Bertz CT molecular complexity index is 448. The monoisotopic (exact) mass is 227 g/mol. The van der Waals surface area contributed by atoms with E-state index >= 15 is 0 Å². The van der Waals surface area contributed by atoms with Crippen molar-refractivity contribution in [2.45, 2.75) is 13.3 Å².